The predicted molar refractivity (Wildman–Crippen MR) is 100 cm³/mol. The lowest BCUT2D eigenvalue weighted by molar-refractivity contribution is -0.129. The smallest absolute Gasteiger partial charge is 0.234 e. The van der Waals surface area contributed by atoms with Gasteiger partial charge in [-0.25, -0.2) is 4.39 Å². The molecule has 0 bridgehead atoms. The van der Waals surface area contributed by atoms with Crippen molar-refractivity contribution in [1.82, 2.24) is 10.2 Å². The Morgan fingerprint density at radius 1 is 1.27 bits per heavy atom. The maximum atomic E-state index is 12.9. The average Bonchev–Trinajstić information content (AvgIpc) is 3.46. The van der Waals surface area contributed by atoms with Gasteiger partial charge in [-0.05, 0) is 49.3 Å². The summed E-state index contributed by atoms with van der Waals surface area (Å²) in [7, 11) is 0. The van der Waals surface area contributed by atoms with Crippen molar-refractivity contribution >= 4 is 5.91 Å². The summed E-state index contributed by atoms with van der Waals surface area (Å²) in [6.07, 6.45) is 7.27. The van der Waals surface area contributed by atoms with Gasteiger partial charge in [-0.1, -0.05) is 31.9 Å². The molecule has 0 spiro atoms. The summed E-state index contributed by atoms with van der Waals surface area (Å²) in [5.41, 5.74) is 1.03. The van der Waals surface area contributed by atoms with Crippen LogP contribution in [0.15, 0.2) is 24.3 Å². The van der Waals surface area contributed by atoms with Crippen molar-refractivity contribution in [2.45, 2.75) is 57.7 Å². The minimum absolute atomic E-state index is 0.0674. The Bertz CT molecular complexity index is 574. The zero-order chi connectivity index (χ0) is 18.4. The number of unbranched alkanes of at least 4 members (excludes halogenated alkanes) is 1. The Balaban J connectivity index is 1.42. The van der Waals surface area contributed by atoms with Crippen molar-refractivity contribution in [1.29, 1.82) is 0 Å². The first kappa shape index (κ1) is 19.3. The molecule has 1 saturated heterocycles. The minimum Gasteiger partial charge on any atom is -0.372 e. The van der Waals surface area contributed by atoms with E-state index in [4.69, 9.17) is 4.74 Å². The van der Waals surface area contributed by atoms with Crippen LogP contribution in [0.1, 0.15) is 44.6 Å². The number of rotatable bonds is 9. The first-order chi connectivity index (χ1) is 12.6. The molecule has 1 aliphatic carbocycles. The van der Waals surface area contributed by atoms with E-state index in [2.05, 4.69) is 17.1 Å². The lowest BCUT2D eigenvalue weighted by atomic mass is 10.1. The molecular formula is C21H31FN2O2. The fourth-order valence-electron chi connectivity index (χ4n) is 3.65. The van der Waals surface area contributed by atoms with Crippen LogP contribution in [0.25, 0.3) is 0 Å². The van der Waals surface area contributed by atoms with Gasteiger partial charge in [0.15, 0.2) is 0 Å². The highest BCUT2D eigenvalue weighted by Gasteiger charge is 2.38. The first-order valence-corrected chi connectivity index (χ1v) is 10.0. The van der Waals surface area contributed by atoms with Crippen LogP contribution < -0.4 is 5.32 Å². The fourth-order valence-corrected chi connectivity index (χ4v) is 3.65. The van der Waals surface area contributed by atoms with E-state index in [0.717, 1.165) is 31.5 Å². The second-order valence-electron chi connectivity index (χ2n) is 7.70. The SMILES string of the molecule is CCCC[C@@H]1CN(CC(=O)NCCc2ccc(F)cc2)C[C@H](C2CC2)O1. The van der Waals surface area contributed by atoms with E-state index in [9.17, 15) is 9.18 Å². The standard InChI is InChI=1S/C21H31FN2O2/c1-2-3-4-19-13-24(14-20(26-19)17-7-8-17)15-21(25)23-12-11-16-5-9-18(22)10-6-16/h5-6,9-10,17,19-20H,2-4,7-8,11-15H2,1H3,(H,23,25)/t19-,20-/m1/s1. The third kappa shape index (κ3) is 6.06. The Hall–Kier alpha value is -1.46. The molecule has 2 fully saturated rings. The highest BCUT2D eigenvalue weighted by atomic mass is 19.1. The number of amides is 1. The van der Waals surface area contributed by atoms with Crippen LogP contribution in [0.2, 0.25) is 0 Å². The topological polar surface area (TPSA) is 41.6 Å². The van der Waals surface area contributed by atoms with Crippen molar-refractivity contribution in [2.24, 2.45) is 5.92 Å². The molecule has 26 heavy (non-hydrogen) atoms. The molecule has 1 N–H and O–H groups in total. The first-order valence-electron chi connectivity index (χ1n) is 10.0. The minimum atomic E-state index is -0.229. The number of benzene rings is 1. The molecule has 1 aliphatic heterocycles. The molecule has 4 nitrogen and oxygen atoms in total. The number of ether oxygens (including phenoxy) is 1. The molecule has 144 valence electrons. The highest BCUT2D eigenvalue weighted by molar-refractivity contribution is 5.78. The van der Waals surface area contributed by atoms with Gasteiger partial charge in [0.25, 0.3) is 0 Å². The molecule has 3 rings (SSSR count). The summed E-state index contributed by atoms with van der Waals surface area (Å²) in [6.45, 7) is 4.96. The van der Waals surface area contributed by atoms with Crippen molar-refractivity contribution in [2.75, 3.05) is 26.2 Å². The number of carbonyl (C=O) groups excluding carboxylic acids is 1. The maximum Gasteiger partial charge on any atom is 0.234 e. The average molecular weight is 362 g/mol. The molecule has 1 aromatic carbocycles. The second kappa shape index (κ2) is 9.47. The van der Waals surface area contributed by atoms with E-state index >= 15 is 0 Å². The Labute approximate surface area is 156 Å². The zero-order valence-electron chi connectivity index (χ0n) is 15.8. The van der Waals surface area contributed by atoms with E-state index in [1.165, 1.54) is 37.8 Å². The third-order valence-electron chi connectivity index (χ3n) is 5.31. The Morgan fingerprint density at radius 2 is 2.04 bits per heavy atom. The van der Waals surface area contributed by atoms with Crippen molar-refractivity contribution in [3.63, 3.8) is 0 Å². The quantitative estimate of drug-likeness (QED) is 0.734. The van der Waals surface area contributed by atoms with Gasteiger partial charge in [-0.15, -0.1) is 0 Å². The number of morpholine rings is 1. The van der Waals surface area contributed by atoms with Gasteiger partial charge in [-0.3, -0.25) is 9.69 Å². The number of halogens is 1. The molecule has 0 unspecified atom stereocenters. The van der Waals surface area contributed by atoms with Crippen LogP contribution in [-0.2, 0) is 16.0 Å². The molecule has 1 aromatic rings. The molecule has 2 aliphatic rings. The van der Waals surface area contributed by atoms with Crippen LogP contribution in [0.3, 0.4) is 0 Å². The van der Waals surface area contributed by atoms with Crippen LogP contribution in [0.5, 0.6) is 0 Å². The van der Waals surface area contributed by atoms with Gasteiger partial charge >= 0.3 is 0 Å². The Kier molecular flexibility index (Phi) is 7.03. The molecule has 1 amide bonds. The number of nitrogens with one attached hydrogen (secondary N) is 1. The van der Waals surface area contributed by atoms with Crippen molar-refractivity contribution < 1.29 is 13.9 Å². The lowest BCUT2D eigenvalue weighted by Crippen LogP contribution is -2.51. The third-order valence-corrected chi connectivity index (χ3v) is 5.31. The normalized spacial score (nSPS) is 23.8. The summed E-state index contributed by atoms with van der Waals surface area (Å²) >= 11 is 0. The van der Waals surface area contributed by atoms with E-state index in [1.54, 1.807) is 12.1 Å². The molecule has 0 aromatic heterocycles. The number of hydrogen-bond donors (Lipinski definition) is 1. The lowest BCUT2D eigenvalue weighted by Gasteiger charge is -2.38. The summed E-state index contributed by atoms with van der Waals surface area (Å²) in [6, 6.07) is 6.45. The van der Waals surface area contributed by atoms with Gasteiger partial charge < -0.3 is 10.1 Å². The van der Waals surface area contributed by atoms with E-state index in [1.807, 2.05) is 0 Å². The summed E-state index contributed by atoms with van der Waals surface area (Å²) in [5, 5.41) is 3.00. The number of nitrogens with zero attached hydrogens (tertiary/aromatic N) is 1. The largest absolute Gasteiger partial charge is 0.372 e. The van der Waals surface area contributed by atoms with Gasteiger partial charge in [0.05, 0.1) is 18.8 Å². The summed E-state index contributed by atoms with van der Waals surface area (Å²) in [4.78, 5) is 14.6. The molecule has 1 heterocycles. The highest BCUT2D eigenvalue weighted by Crippen LogP contribution is 2.37. The molecule has 1 saturated carbocycles. The van der Waals surface area contributed by atoms with Crippen LogP contribution in [0, 0.1) is 11.7 Å². The van der Waals surface area contributed by atoms with Gasteiger partial charge in [0.2, 0.25) is 5.91 Å². The fraction of sp³-hybridized carbons (Fsp3) is 0.667. The van der Waals surface area contributed by atoms with Crippen LogP contribution in [-0.4, -0.2) is 49.2 Å². The van der Waals surface area contributed by atoms with Crippen molar-refractivity contribution in [3.05, 3.63) is 35.6 Å². The van der Waals surface area contributed by atoms with E-state index in [-0.39, 0.29) is 17.8 Å². The monoisotopic (exact) mass is 362 g/mol. The Morgan fingerprint density at radius 3 is 2.73 bits per heavy atom. The van der Waals surface area contributed by atoms with Crippen LogP contribution in [0.4, 0.5) is 4.39 Å². The molecule has 5 heteroatoms. The number of carbonyl (C=O) groups is 1. The van der Waals surface area contributed by atoms with Crippen molar-refractivity contribution in [3.8, 4) is 0 Å². The maximum absolute atomic E-state index is 12.9. The predicted octanol–water partition coefficient (Wildman–Crippen LogP) is 3.15. The van der Waals surface area contributed by atoms with Gasteiger partial charge in [0, 0.05) is 19.6 Å². The second-order valence-corrected chi connectivity index (χ2v) is 7.70. The summed E-state index contributed by atoms with van der Waals surface area (Å²) < 4.78 is 19.2. The van der Waals surface area contributed by atoms with Gasteiger partial charge in [0.1, 0.15) is 5.82 Å². The van der Waals surface area contributed by atoms with Gasteiger partial charge in [-0.2, -0.15) is 0 Å². The molecule has 2 atom stereocenters. The van der Waals surface area contributed by atoms with Crippen LogP contribution >= 0.6 is 0 Å². The number of hydrogen-bond acceptors (Lipinski definition) is 3. The van der Waals surface area contributed by atoms with E-state index < -0.39 is 0 Å². The van der Waals surface area contributed by atoms with E-state index in [0.29, 0.717) is 25.1 Å². The molecule has 0 radical (unpaired) electrons. The zero-order valence-corrected chi connectivity index (χ0v) is 15.8. The summed E-state index contributed by atoms with van der Waals surface area (Å²) in [5.74, 6) is 0.536. The molecular weight excluding hydrogens is 331 g/mol.